The molecule has 116 valence electrons. The van der Waals surface area contributed by atoms with Crippen molar-refractivity contribution in [3.05, 3.63) is 71.9 Å². The summed E-state index contributed by atoms with van der Waals surface area (Å²) in [5.41, 5.74) is 1.95. The van der Waals surface area contributed by atoms with Gasteiger partial charge < -0.3 is 0 Å². The van der Waals surface area contributed by atoms with E-state index in [0.29, 0.717) is 6.54 Å². The number of benzene rings is 1. The van der Waals surface area contributed by atoms with Gasteiger partial charge in [0.25, 0.3) is 0 Å². The molecule has 3 aromatic rings. The van der Waals surface area contributed by atoms with Gasteiger partial charge in [-0.3, -0.25) is 9.55 Å². The number of pyridine rings is 1. The predicted octanol–water partition coefficient (Wildman–Crippen LogP) is 4.47. The molecule has 0 bridgehead atoms. The summed E-state index contributed by atoms with van der Waals surface area (Å²) in [6, 6.07) is 13.6. The third-order valence-electron chi connectivity index (χ3n) is 3.18. The molecule has 0 amide bonds. The van der Waals surface area contributed by atoms with E-state index < -0.39 is 0 Å². The Morgan fingerprint density at radius 1 is 1.17 bits per heavy atom. The lowest BCUT2D eigenvalue weighted by molar-refractivity contribution is 0.729. The standard InChI is InChI=1S/C17H15ClN4S/c1-2-10-22-16(15-8-3-4-9-19-15)20-21-17(22)23-12-13-6-5-7-14(18)11-13/h2-9,11H,1,10,12H2. The maximum absolute atomic E-state index is 6.03. The SMILES string of the molecule is C=CCn1c(SCc2cccc(Cl)c2)nnc1-c1ccccn1. The normalized spacial score (nSPS) is 10.7. The number of hydrogen-bond donors (Lipinski definition) is 0. The zero-order valence-corrected chi connectivity index (χ0v) is 14.0. The first kappa shape index (κ1) is 15.8. The van der Waals surface area contributed by atoms with Crippen LogP contribution in [0.3, 0.4) is 0 Å². The largest absolute Gasteiger partial charge is 0.297 e. The molecule has 0 spiro atoms. The second-order valence-corrected chi connectivity index (χ2v) is 6.22. The molecule has 23 heavy (non-hydrogen) atoms. The van der Waals surface area contributed by atoms with Crippen molar-refractivity contribution >= 4 is 23.4 Å². The van der Waals surface area contributed by atoms with E-state index in [1.807, 2.05) is 53.1 Å². The molecule has 0 aliphatic rings. The minimum Gasteiger partial charge on any atom is -0.297 e. The van der Waals surface area contributed by atoms with Crippen LogP contribution in [-0.4, -0.2) is 19.7 Å². The number of halogens is 1. The second-order valence-electron chi connectivity index (χ2n) is 4.84. The average Bonchev–Trinajstić information content (AvgIpc) is 2.97. The molecular formula is C17H15ClN4S. The van der Waals surface area contributed by atoms with E-state index in [4.69, 9.17) is 11.6 Å². The van der Waals surface area contributed by atoms with E-state index in [1.54, 1.807) is 18.0 Å². The first-order chi connectivity index (χ1) is 11.3. The molecule has 0 radical (unpaired) electrons. The lowest BCUT2D eigenvalue weighted by Crippen LogP contribution is -2.01. The smallest absolute Gasteiger partial charge is 0.192 e. The van der Waals surface area contributed by atoms with Crippen molar-refractivity contribution in [2.75, 3.05) is 0 Å². The van der Waals surface area contributed by atoms with Crippen molar-refractivity contribution in [2.45, 2.75) is 17.5 Å². The van der Waals surface area contributed by atoms with Crippen LogP contribution >= 0.6 is 23.4 Å². The molecule has 0 saturated carbocycles. The van der Waals surface area contributed by atoms with Gasteiger partial charge in [0.1, 0.15) is 5.69 Å². The molecule has 0 aliphatic heterocycles. The molecule has 0 fully saturated rings. The number of thioether (sulfide) groups is 1. The summed E-state index contributed by atoms with van der Waals surface area (Å²) >= 11 is 7.65. The van der Waals surface area contributed by atoms with E-state index in [9.17, 15) is 0 Å². The summed E-state index contributed by atoms with van der Waals surface area (Å²) < 4.78 is 2.02. The predicted molar refractivity (Wildman–Crippen MR) is 94.5 cm³/mol. The summed E-state index contributed by atoms with van der Waals surface area (Å²) in [7, 11) is 0. The fourth-order valence-corrected chi connectivity index (χ4v) is 3.25. The van der Waals surface area contributed by atoms with Gasteiger partial charge in [-0.1, -0.05) is 47.6 Å². The Labute approximate surface area is 144 Å². The second kappa shape index (κ2) is 7.44. The van der Waals surface area contributed by atoms with E-state index in [-0.39, 0.29) is 0 Å². The van der Waals surface area contributed by atoms with Crippen LogP contribution in [0.5, 0.6) is 0 Å². The molecule has 4 nitrogen and oxygen atoms in total. The summed E-state index contributed by atoms with van der Waals surface area (Å²) in [5.74, 6) is 1.53. The van der Waals surface area contributed by atoms with Crippen molar-refractivity contribution in [3.8, 4) is 11.5 Å². The minimum absolute atomic E-state index is 0.636. The Morgan fingerprint density at radius 3 is 2.83 bits per heavy atom. The number of nitrogens with zero attached hydrogens (tertiary/aromatic N) is 4. The molecule has 2 aromatic heterocycles. The van der Waals surface area contributed by atoms with Crippen molar-refractivity contribution in [1.82, 2.24) is 19.7 Å². The molecular weight excluding hydrogens is 328 g/mol. The van der Waals surface area contributed by atoms with E-state index in [1.165, 1.54) is 0 Å². The monoisotopic (exact) mass is 342 g/mol. The van der Waals surface area contributed by atoms with Gasteiger partial charge in [0.15, 0.2) is 11.0 Å². The zero-order valence-electron chi connectivity index (χ0n) is 12.4. The molecule has 0 unspecified atom stereocenters. The number of allylic oxidation sites excluding steroid dienone is 1. The van der Waals surface area contributed by atoms with Gasteiger partial charge >= 0.3 is 0 Å². The molecule has 0 N–H and O–H groups in total. The average molecular weight is 343 g/mol. The molecule has 3 rings (SSSR count). The molecule has 0 aliphatic carbocycles. The maximum atomic E-state index is 6.03. The Balaban J connectivity index is 1.85. The lowest BCUT2D eigenvalue weighted by atomic mass is 10.2. The molecule has 1 aromatic carbocycles. The van der Waals surface area contributed by atoms with Crippen LogP contribution in [0, 0.1) is 0 Å². The van der Waals surface area contributed by atoms with Crippen molar-refractivity contribution in [3.63, 3.8) is 0 Å². The minimum atomic E-state index is 0.636. The lowest BCUT2D eigenvalue weighted by Gasteiger charge is -2.07. The number of rotatable bonds is 6. The number of aromatic nitrogens is 4. The maximum Gasteiger partial charge on any atom is 0.192 e. The van der Waals surface area contributed by atoms with Crippen molar-refractivity contribution < 1.29 is 0 Å². The fraction of sp³-hybridized carbons (Fsp3) is 0.118. The van der Waals surface area contributed by atoms with Crippen molar-refractivity contribution in [2.24, 2.45) is 0 Å². The fourth-order valence-electron chi connectivity index (χ4n) is 2.15. The topological polar surface area (TPSA) is 43.6 Å². The Kier molecular flexibility index (Phi) is 5.10. The van der Waals surface area contributed by atoms with Gasteiger partial charge in [-0.25, -0.2) is 0 Å². The van der Waals surface area contributed by atoms with E-state index in [2.05, 4.69) is 21.8 Å². The summed E-state index contributed by atoms with van der Waals surface area (Å²) in [6.45, 7) is 4.45. The van der Waals surface area contributed by atoms with Gasteiger partial charge in [-0.05, 0) is 29.8 Å². The summed E-state index contributed by atoms with van der Waals surface area (Å²) in [6.07, 6.45) is 3.58. The van der Waals surface area contributed by atoms with E-state index >= 15 is 0 Å². The van der Waals surface area contributed by atoms with Gasteiger partial charge in [-0.2, -0.15) is 0 Å². The first-order valence-corrected chi connectivity index (χ1v) is 8.47. The van der Waals surface area contributed by atoms with E-state index in [0.717, 1.165) is 33.0 Å². The van der Waals surface area contributed by atoms with Crippen LogP contribution in [0.1, 0.15) is 5.56 Å². The highest BCUT2D eigenvalue weighted by atomic mass is 35.5. The molecule has 0 atom stereocenters. The highest BCUT2D eigenvalue weighted by molar-refractivity contribution is 7.98. The van der Waals surface area contributed by atoms with Gasteiger partial charge in [0, 0.05) is 23.5 Å². The first-order valence-electron chi connectivity index (χ1n) is 7.10. The number of hydrogen-bond acceptors (Lipinski definition) is 4. The van der Waals surface area contributed by atoms with Crippen LogP contribution < -0.4 is 0 Å². The molecule has 6 heteroatoms. The quantitative estimate of drug-likeness (QED) is 0.489. The van der Waals surface area contributed by atoms with Crippen LogP contribution in [0.25, 0.3) is 11.5 Å². The summed E-state index contributed by atoms with van der Waals surface area (Å²) in [4.78, 5) is 4.35. The van der Waals surface area contributed by atoms with Gasteiger partial charge in [-0.15, -0.1) is 16.8 Å². The van der Waals surface area contributed by atoms with Gasteiger partial charge in [0.05, 0.1) is 0 Å². The van der Waals surface area contributed by atoms with Crippen molar-refractivity contribution in [1.29, 1.82) is 0 Å². The van der Waals surface area contributed by atoms with Crippen LogP contribution in [0.2, 0.25) is 5.02 Å². The molecule has 0 saturated heterocycles. The zero-order chi connectivity index (χ0) is 16.1. The molecule has 2 heterocycles. The third kappa shape index (κ3) is 3.81. The summed E-state index contributed by atoms with van der Waals surface area (Å²) in [5, 5.41) is 10.2. The van der Waals surface area contributed by atoms with Gasteiger partial charge in [0.2, 0.25) is 0 Å². The van der Waals surface area contributed by atoms with Crippen LogP contribution in [-0.2, 0) is 12.3 Å². The Bertz CT molecular complexity index is 801. The Morgan fingerprint density at radius 2 is 2.09 bits per heavy atom. The third-order valence-corrected chi connectivity index (χ3v) is 4.45. The Hall–Kier alpha value is -2.11. The van der Waals surface area contributed by atoms with Crippen LogP contribution in [0.4, 0.5) is 0 Å². The highest BCUT2D eigenvalue weighted by Gasteiger charge is 2.14. The highest BCUT2D eigenvalue weighted by Crippen LogP contribution is 2.26. The van der Waals surface area contributed by atoms with Crippen LogP contribution in [0.15, 0.2) is 66.5 Å².